The number of hydrogen-bond donors (Lipinski definition) is 1. The number of hydrogen-bond acceptors (Lipinski definition) is 4. The smallest absolute Gasteiger partial charge is 0.0730 e. The van der Waals surface area contributed by atoms with Crippen molar-refractivity contribution < 1.29 is 9.47 Å². The van der Waals surface area contributed by atoms with Gasteiger partial charge in [0.1, 0.15) is 0 Å². The number of morpholine rings is 1. The lowest BCUT2D eigenvalue weighted by atomic mass is 10.1. The summed E-state index contributed by atoms with van der Waals surface area (Å²) >= 11 is 0. The highest BCUT2D eigenvalue weighted by molar-refractivity contribution is 4.89. The average Bonchev–Trinajstić information content (AvgIpc) is 2.77. The molecule has 94 valence electrons. The van der Waals surface area contributed by atoms with Crippen LogP contribution in [0.3, 0.4) is 0 Å². The zero-order chi connectivity index (χ0) is 11.2. The molecule has 0 bridgehead atoms. The summed E-state index contributed by atoms with van der Waals surface area (Å²) in [5, 5.41) is 3.41. The summed E-state index contributed by atoms with van der Waals surface area (Å²) in [5.74, 6) is 0. The highest BCUT2D eigenvalue weighted by Gasteiger charge is 2.35. The van der Waals surface area contributed by atoms with Crippen LogP contribution >= 0.6 is 0 Å². The predicted octanol–water partition coefficient (Wildman–Crippen LogP) is 0.476. The highest BCUT2D eigenvalue weighted by atomic mass is 16.5. The molecule has 1 N–H and O–H groups in total. The standard InChI is InChI=1S/C12H24N2O2/c1-15-9-6-13-5-7-14-8-10-16-12-4-2-3-11(12)14/h11-13H,2-10H2,1H3. The lowest BCUT2D eigenvalue weighted by Crippen LogP contribution is -2.50. The van der Waals surface area contributed by atoms with Gasteiger partial charge in [-0.25, -0.2) is 0 Å². The van der Waals surface area contributed by atoms with Crippen LogP contribution in [0.1, 0.15) is 19.3 Å². The molecule has 0 aromatic carbocycles. The Kier molecular flexibility index (Phi) is 5.03. The normalized spacial score (nSPS) is 30.6. The Morgan fingerprint density at radius 3 is 3.19 bits per heavy atom. The molecule has 2 rings (SSSR count). The van der Waals surface area contributed by atoms with Crippen LogP contribution < -0.4 is 5.32 Å². The van der Waals surface area contributed by atoms with Crippen molar-refractivity contribution in [3.8, 4) is 0 Å². The van der Waals surface area contributed by atoms with Gasteiger partial charge in [0, 0.05) is 39.3 Å². The summed E-state index contributed by atoms with van der Waals surface area (Å²) in [7, 11) is 1.74. The molecule has 16 heavy (non-hydrogen) atoms. The van der Waals surface area contributed by atoms with Crippen LogP contribution in [-0.4, -0.2) is 63.5 Å². The average molecular weight is 228 g/mol. The molecule has 0 radical (unpaired) electrons. The summed E-state index contributed by atoms with van der Waals surface area (Å²) in [4.78, 5) is 2.60. The largest absolute Gasteiger partial charge is 0.383 e. The van der Waals surface area contributed by atoms with Crippen molar-refractivity contribution in [3.05, 3.63) is 0 Å². The van der Waals surface area contributed by atoms with Gasteiger partial charge in [0.05, 0.1) is 19.3 Å². The van der Waals surface area contributed by atoms with Gasteiger partial charge in [-0.3, -0.25) is 4.90 Å². The maximum atomic E-state index is 5.79. The Morgan fingerprint density at radius 2 is 2.31 bits per heavy atom. The molecule has 1 saturated carbocycles. The molecule has 1 saturated heterocycles. The SMILES string of the molecule is COCCNCCN1CCOC2CCCC21. The number of methoxy groups -OCH3 is 1. The molecule has 4 heteroatoms. The minimum absolute atomic E-state index is 0.521. The predicted molar refractivity (Wildman–Crippen MR) is 63.7 cm³/mol. The van der Waals surface area contributed by atoms with E-state index in [0.29, 0.717) is 12.1 Å². The Bertz CT molecular complexity index is 201. The van der Waals surface area contributed by atoms with Crippen LogP contribution in [0, 0.1) is 0 Å². The lowest BCUT2D eigenvalue weighted by Gasteiger charge is -2.37. The third-order valence-electron chi connectivity index (χ3n) is 3.66. The van der Waals surface area contributed by atoms with Crippen molar-refractivity contribution in [2.45, 2.75) is 31.4 Å². The monoisotopic (exact) mass is 228 g/mol. The lowest BCUT2D eigenvalue weighted by molar-refractivity contribution is -0.0549. The van der Waals surface area contributed by atoms with Gasteiger partial charge >= 0.3 is 0 Å². The van der Waals surface area contributed by atoms with Crippen LogP contribution in [0.25, 0.3) is 0 Å². The number of ether oxygens (including phenoxy) is 2. The van der Waals surface area contributed by atoms with Gasteiger partial charge in [0.25, 0.3) is 0 Å². The zero-order valence-electron chi connectivity index (χ0n) is 10.3. The Morgan fingerprint density at radius 1 is 1.38 bits per heavy atom. The molecule has 1 heterocycles. The maximum Gasteiger partial charge on any atom is 0.0730 e. The molecule has 2 atom stereocenters. The van der Waals surface area contributed by atoms with Gasteiger partial charge < -0.3 is 14.8 Å². The first-order valence-electron chi connectivity index (χ1n) is 6.47. The third-order valence-corrected chi connectivity index (χ3v) is 3.66. The van der Waals surface area contributed by atoms with Crippen LogP contribution in [0.15, 0.2) is 0 Å². The Labute approximate surface area is 98.3 Å². The number of fused-ring (bicyclic) bond motifs is 1. The number of rotatable bonds is 6. The van der Waals surface area contributed by atoms with E-state index in [9.17, 15) is 0 Å². The van der Waals surface area contributed by atoms with Crippen LogP contribution in [0.4, 0.5) is 0 Å². The highest BCUT2D eigenvalue weighted by Crippen LogP contribution is 2.29. The van der Waals surface area contributed by atoms with Gasteiger partial charge in [0.2, 0.25) is 0 Å². The van der Waals surface area contributed by atoms with E-state index >= 15 is 0 Å². The van der Waals surface area contributed by atoms with Crippen molar-refractivity contribution in [1.29, 1.82) is 0 Å². The van der Waals surface area contributed by atoms with Crippen LogP contribution in [0.5, 0.6) is 0 Å². The molecule has 2 unspecified atom stereocenters. The molecule has 1 aliphatic heterocycles. The summed E-state index contributed by atoms with van der Waals surface area (Å²) < 4.78 is 10.8. The summed E-state index contributed by atoms with van der Waals surface area (Å²) in [6.45, 7) is 5.98. The Hall–Kier alpha value is -0.160. The van der Waals surface area contributed by atoms with Gasteiger partial charge in [-0.15, -0.1) is 0 Å². The Balaban J connectivity index is 1.64. The van der Waals surface area contributed by atoms with E-state index in [1.54, 1.807) is 7.11 Å². The molecular formula is C12H24N2O2. The zero-order valence-corrected chi connectivity index (χ0v) is 10.3. The first-order valence-corrected chi connectivity index (χ1v) is 6.47. The fourth-order valence-electron chi connectivity index (χ4n) is 2.81. The van der Waals surface area contributed by atoms with E-state index in [-0.39, 0.29) is 0 Å². The number of nitrogens with zero attached hydrogens (tertiary/aromatic N) is 1. The molecule has 0 amide bonds. The van der Waals surface area contributed by atoms with Gasteiger partial charge in [-0.1, -0.05) is 0 Å². The minimum Gasteiger partial charge on any atom is -0.383 e. The summed E-state index contributed by atoms with van der Waals surface area (Å²) in [6, 6.07) is 0.693. The molecule has 2 aliphatic rings. The molecule has 1 aliphatic carbocycles. The van der Waals surface area contributed by atoms with Gasteiger partial charge in [-0.2, -0.15) is 0 Å². The molecule has 4 nitrogen and oxygen atoms in total. The second kappa shape index (κ2) is 6.55. The first-order chi connectivity index (χ1) is 7.92. The molecule has 0 aromatic rings. The topological polar surface area (TPSA) is 33.7 Å². The van der Waals surface area contributed by atoms with Crippen LogP contribution in [-0.2, 0) is 9.47 Å². The van der Waals surface area contributed by atoms with E-state index in [0.717, 1.165) is 39.4 Å². The van der Waals surface area contributed by atoms with E-state index in [1.807, 2.05) is 0 Å². The van der Waals surface area contributed by atoms with E-state index in [1.165, 1.54) is 19.3 Å². The summed E-state index contributed by atoms with van der Waals surface area (Å²) in [5.41, 5.74) is 0. The minimum atomic E-state index is 0.521. The fourth-order valence-corrected chi connectivity index (χ4v) is 2.81. The summed E-state index contributed by atoms with van der Waals surface area (Å²) in [6.07, 6.45) is 4.44. The third kappa shape index (κ3) is 3.17. The van der Waals surface area contributed by atoms with Crippen molar-refractivity contribution in [1.82, 2.24) is 10.2 Å². The van der Waals surface area contributed by atoms with Crippen molar-refractivity contribution in [2.75, 3.05) is 46.5 Å². The van der Waals surface area contributed by atoms with E-state index in [4.69, 9.17) is 9.47 Å². The van der Waals surface area contributed by atoms with Gasteiger partial charge in [-0.05, 0) is 19.3 Å². The molecule has 0 aromatic heterocycles. The van der Waals surface area contributed by atoms with E-state index < -0.39 is 0 Å². The molecule has 2 fully saturated rings. The van der Waals surface area contributed by atoms with E-state index in [2.05, 4.69) is 10.2 Å². The fraction of sp³-hybridized carbons (Fsp3) is 1.00. The quantitative estimate of drug-likeness (QED) is 0.670. The second-order valence-electron chi connectivity index (χ2n) is 4.69. The van der Waals surface area contributed by atoms with Crippen LogP contribution in [0.2, 0.25) is 0 Å². The molecular weight excluding hydrogens is 204 g/mol. The maximum absolute atomic E-state index is 5.79. The molecule has 0 spiro atoms. The second-order valence-corrected chi connectivity index (χ2v) is 4.69. The number of nitrogens with one attached hydrogen (secondary N) is 1. The van der Waals surface area contributed by atoms with Gasteiger partial charge in [0.15, 0.2) is 0 Å². The van der Waals surface area contributed by atoms with Crippen molar-refractivity contribution >= 4 is 0 Å². The van der Waals surface area contributed by atoms with Crippen molar-refractivity contribution in [3.63, 3.8) is 0 Å². The van der Waals surface area contributed by atoms with Crippen molar-refractivity contribution in [2.24, 2.45) is 0 Å². The first kappa shape index (κ1) is 12.3.